The highest BCUT2D eigenvalue weighted by Crippen LogP contribution is 2.22. The third-order valence-electron chi connectivity index (χ3n) is 2.00. The van der Waals surface area contributed by atoms with E-state index in [1.807, 2.05) is 13.0 Å². The second-order valence-corrected chi connectivity index (χ2v) is 3.12. The Hall–Kier alpha value is -1.31. The molecule has 2 heteroatoms. The minimum absolute atomic E-state index is 0.0680. The number of carbonyl (C=O) groups excluding carboxylic acids is 1. The molecule has 0 radical (unpaired) electrons. The molecule has 1 rings (SSSR count). The largest absolute Gasteiger partial charge is 0.507 e. The van der Waals surface area contributed by atoms with Crippen LogP contribution in [0, 0.1) is 0 Å². The van der Waals surface area contributed by atoms with E-state index in [1.54, 1.807) is 12.1 Å². The zero-order chi connectivity index (χ0) is 9.84. The van der Waals surface area contributed by atoms with Crippen molar-refractivity contribution in [1.82, 2.24) is 0 Å². The van der Waals surface area contributed by atoms with E-state index < -0.39 is 0 Å². The molecule has 0 fully saturated rings. The number of ketones is 1. The van der Waals surface area contributed by atoms with E-state index in [1.165, 1.54) is 6.92 Å². The number of phenolic OH excluding ortho intramolecular Hbond substituents is 1. The number of hydrogen-bond acceptors (Lipinski definition) is 2. The van der Waals surface area contributed by atoms with Crippen molar-refractivity contribution in [3.63, 3.8) is 0 Å². The van der Waals surface area contributed by atoms with Gasteiger partial charge in [-0.25, -0.2) is 0 Å². The van der Waals surface area contributed by atoms with E-state index in [0.717, 1.165) is 18.4 Å². The molecule has 1 aromatic rings. The Morgan fingerprint density at radius 3 is 2.69 bits per heavy atom. The van der Waals surface area contributed by atoms with Crippen LogP contribution in [0.1, 0.15) is 36.2 Å². The molecule has 1 aromatic carbocycles. The molecule has 0 bridgehead atoms. The van der Waals surface area contributed by atoms with Gasteiger partial charge in [0, 0.05) is 0 Å². The summed E-state index contributed by atoms with van der Waals surface area (Å²) in [6.07, 6.45) is 1.81. The van der Waals surface area contributed by atoms with Gasteiger partial charge < -0.3 is 5.11 Å². The number of aryl methyl sites for hydroxylation is 1. The molecule has 70 valence electrons. The maximum Gasteiger partial charge on any atom is 0.163 e. The highest BCUT2D eigenvalue weighted by atomic mass is 16.3. The van der Waals surface area contributed by atoms with Gasteiger partial charge in [-0.3, -0.25) is 4.79 Å². The van der Waals surface area contributed by atoms with Crippen molar-refractivity contribution in [1.29, 1.82) is 0 Å². The van der Waals surface area contributed by atoms with Crippen molar-refractivity contribution in [2.75, 3.05) is 0 Å². The predicted molar refractivity (Wildman–Crippen MR) is 52.1 cm³/mol. The highest BCUT2D eigenvalue weighted by molar-refractivity contribution is 5.98. The first kappa shape index (κ1) is 9.78. The van der Waals surface area contributed by atoms with Gasteiger partial charge in [-0.1, -0.05) is 25.5 Å². The number of hydrogen-bond donors (Lipinski definition) is 1. The molecule has 0 atom stereocenters. The molecular weight excluding hydrogens is 164 g/mol. The molecule has 0 aliphatic carbocycles. The second kappa shape index (κ2) is 4.08. The zero-order valence-corrected chi connectivity index (χ0v) is 8.00. The molecule has 2 nitrogen and oxygen atoms in total. The number of rotatable bonds is 3. The van der Waals surface area contributed by atoms with E-state index in [4.69, 9.17) is 0 Å². The van der Waals surface area contributed by atoms with Crippen molar-refractivity contribution in [2.45, 2.75) is 26.7 Å². The lowest BCUT2D eigenvalue weighted by atomic mass is 10.00. The van der Waals surface area contributed by atoms with Crippen LogP contribution >= 0.6 is 0 Å². The molecule has 0 spiro atoms. The molecular formula is C11H14O2. The average molecular weight is 178 g/mol. The summed E-state index contributed by atoms with van der Waals surface area (Å²) in [6.45, 7) is 3.53. The summed E-state index contributed by atoms with van der Waals surface area (Å²) in [5.41, 5.74) is 1.42. The standard InChI is InChI=1S/C11H14O2/c1-3-5-9-6-4-7-10(13)11(9)8(2)12/h4,6-7,13H,3,5H2,1-2H3. The third-order valence-corrected chi connectivity index (χ3v) is 2.00. The molecule has 0 saturated heterocycles. The van der Waals surface area contributed by atoms with Crippen molar-refractivity contribution >= 4 is 5.78 Å². The fraction of sp³-hybridized carbons (Fsp3) is 0.364. The lowest BCUT2D eigenvalue weighted by Gasteiger charge is -2.06. The summed E-state index contributed by atoms with van der Waals surface area (Å²) in [6, 6.07) is 5.21. The molecule has 0 unspecified atom stereocenters. The molecule has 0 aromatic heterocycles. The van der Waals surface area contributed by atoms with Crippen LogP contribution in [0.25, 0.3) is 0 Å². The van der Waals surface area contributed by atoms with E-state index in [9.17, 15) is 9.90 Å². The lowest BCUT2D eigenvalue weighted by molar-refractivity contribution is 0.101. The van der Waals surface area contributed by atoms with Crippen LogP contribution in [-0.4, -0.2) is 10.9 Å². The lowest BCUT2D eigenvalue weighted by Crippen LogP contribution is -1.99. The summed E-state index contributed by atoms with van der Waals surface area (Å²) in [4.78, 5) is 11.2. The number of Topliss-reactive ketones (excluding diaryl/α,β-unsaturated/α-hetero) is 1. The van der Waals surface area contributed by atoms with Gasteiger partial charge in [-0.05, 0) is 25.0 Å². The molecule has 13 heavy (non-hydrogen) atoms. The van der Waals surface area contributed by atoms with Crippen LogP contribution < -0.4 is 0 Å². The molecule has 0 aliphatic rings. The van der Waals surface area contributed by atoms with E-state index in [2.05, 4.69) is 0 Å². The first-order chi connectivity index (χ1) is 6.16. The van der Waals surface area contributed by atoms with E-state index >= 15 is 0 Å². The van der Waals surface area contributed by atoms with Gasteiger partial charge in [0.25, 0.3) is 0 Å². The van der Waals surface area contributed by atoms with Gasteiger partial charge >= 0.3 is 0 Å². The Morgan fingerprint density at radius 2 is 2.15 bits per heavy atom. The van der Waals surface area contributed by atoms with Crippen molar-refractivity contribution < 1.29 is 9.90 Å². The Labute approximate surface area is 78.2 Å². The maximum absolute atomic E-state index is 11.2. The zero-order valence-electron chi connectivity index (χ0n) is 8.00. The minimum atomic E-state index is -0.0680. The van der Waals surface area contributed by atoms with Crippen LogP contribution in [-0.2, 0) is 6.42 Å². The Balaban J connectivity index is 3.17. The van der Waals surface area contributed by atoms with Crippen molar-refractivity contribution in [3.05, 3.63) is 29.3 Å². The topological polar surface area (TPSA) is 37.3 Å². The number of aromatic hydroxyl groups is 1. The number of carbonyl (C=O) groups is 1. The van der Waals surface area contributed by atoms with Gasteiger partial charge in [0.1, 0.15) is 5.75 Å². The van der Waals surface area contributed by atoms with Gasteiger partial charge in [-0.15, -0.1) is 0 Å². The normalized spacial score (nSPS) is 10.0. The SMILES string of the molecule is CCCc1cccc(O)c1C(C)=O. The Morgan fingerprint density at radius 1 is 1.46 bits per heavy atom. The summed E-state index contributed by atoms with van der Waals surface area (Å²) in [7, 11) is 0. The molecule has 0 amide bonds. The van der Waals surface area contributed by atoms with Crippen molar-refractivity contribution in [3.8, 4) is 5.75 Å². The van der Waals surface area contributed by atoms with Crippen LogP contribution in [0.4, 0.5) is 0 Å². The Bertz CT molecular complexity index is 316. The molecule has 0 aliphatic heterocycles. The Kier molecular flexibility index (Phi) is 3.07. The van der Waals surface area contributed by atoms with Gasteiger partial charge in [0.15, 0.2) is 5.78 Å². The fourth-order valence-corrected chi connectivity index (χ4v) is 1.47. The second-order valence-electron chi connectivity index (χ2n) is 3.12. The molecule has 0 heterocycles. The van der Waals surface area contributed by atoms with Crippen LogP contribution in [0.15, 0.2) is 18.2 Å². The van der Waals surface area contributed by atoms with Gasteiger partial charge in [0.05, 0.1) is 5.56 Å². The third kappa shape index (κ3) is 2.08. The summed E-state index contributed by atoms with van der Waals surface area (Å²) < 4.78 is 0. The maximum atomic E-state index is 11.2. The minimum Gasteiger partial charge on any atom is -0.507 e. The van der Waals surface area contributed by atoms with Crippen LogP contribution in [0.5, 0.6) is 5.75 Å². The number of phenols is 1. The predicted octanol–water partition coefficient (Wildman–Crippen LogP) is 2.55. The van der Waals surface area contributed by atoms with Crippen LogP contribution in [0.2, 0.25) is 0 Å². The first-order valence-corrected chi connectivity index (χ1v) is 4.48. The summed E-state index contributed by atoms with van der Waals surface area (Å²) in [5.74, 6) is 0.0278. The summed E-state index contributed by atoms with van der Waals surface area (Å²) >= 11 is 0. The van der Waals surface area contributed by atoms with E-state index in [0.29, 0.717) is 5.56 Å². The first-order valence-electron chi connectivity index (χ1n) is 4.48. The number of benzene rings is 1. The van der Waals surface area contributed by atoms with Gasteiger partial charge in [-0.2, -0.15) is 0 Å². The van der Waals surface area contributed by atoms with Crippen LogP contribution in [0.3, 0.4) is 0 Å². The van der Waals surface area contributed by atoms with Gasteiger partial charge in [0.2, 0.25) is 0 Å². The summed E-state index contributed by atoms with van der Waals surface area (Å²) in [5, 5.41) is 9.47. The van der Waals surface area contributed by atoms with Crippen molar-refractivity contribution in [2.24, 2.45) is 0 Å². The average Bonchev–Trinajstić information content (AvgIpc) is 2.04. The molecule has 1 N–H and O–H groups in total. The smallest absolute Gasteiger partial charge is 0.163 e. The van der Waals surface area contributed by atoms with E-state index in [-0.39, 0.29) is 11.5 Å². The monoisotopic (exact) mass is 178 g/mol. The highest BCUT2D eigenvalue weighted by Gasteiger charge is 2.10. The molecule has 0 saturated carbocycles. The fourth-order valence-electron chi connectivity index (χ4n) is 1.47. The quantitative estimate of drug-likeness (QED) is 0.722.